The van der Waals surface area contributed by atoms with Crippen LogP contribution in [0, 0.1) is 0 Å². The second kappa shape index (κ2) is 6.06. The van der Waals surface area contributed by atoms with Crippen LogP contribution in [0.3, 0.4) is 0 Å². The first-order valence-corrected chi connectivity index (χ1v) is 6.75. The molecule has 1 saturated heterocycles. The molecule has 0 spiro atoms. The number of nitrogens with zero attached hydrogens (tertiary/aromatic N) is 1. The fraction of sp³-hybridized carbons (Fsp3) is 0.154. The zero-order chi connectivity index (χ0) is 16.4. The van der Waals surface area contributed by atoms with Crippen molar-refractivity contribution in [3.8, 4) is 11.5 Å². The molecule has 0 bridgehead atoms. The molecule has 1 aromatic carbocycles. The van der Waals surface area contributed by atoms with Gasteiger partial charge in [-0.1, -0.05) is 15.9 Å². The number of aliphatic carboxylic acids is 1. The molecule has 0 unspecified atom stereocenters. The number of aromatic hydroxyl groups is 1. The molecule has 1 fully saturated rings. The van der Waals surface area contributed by atoms with Crippen molar-refractivity contribution in [1.29, 1.82) is 0 Å². The lowest BCUT2D eigenvalue weighted by atomic mass is 10.1. The minimum Gasteiger partial charge on any atom is -0.504 e. The van der Waals surface area contributed by atoms with Crippen LogP contribution < -0.4 is 10.1 Å². The Labute approximate surface area is 133 Å². The van der Waals surface area contributed by atoms with Crippen molar-refractivity contribution in [3.05, 3.63) is 27.9 Å². The third-order valence-corrected chi connectivity index (χ3v) is 3.54. The summed E-state index contributed by atoms with van der Waals surface area (Å²) in [4.78, 5) is 34.8. The van der Waals surface area contributed by atoms with Gasteiger partial charge < -0.3 is 20.3 Å². The van der Waals surface area contributed by atoms with Gasteiger partial charge in [-0.25, -0.2) is 9.69 Å². The van der Waals surface area contributed by atoms with Crippen LogP contribution in [0.25, 0.3) is 6.08 Å². The molecule has 116 valence electrons. The van der Waals surface area contributed by atoms with Gasteiger partial charge in [0.05, 0.1) is 7.11 Å². The highest BCUT2D eigenvalue weighted by Crippen LogP contribution is 2.33. The Balaban J connectivity index is 2.36. The van der Waals surface area contributed by atoms with Crippen molar-refractivity contribution in [2.24, 2.45) is 0 Å². The number of rotatable bonds is 4. The Kier molecular flexibility index (Phi) is 4.36. The van der Waals surface area contributed by atoms with E-state index < -0.39 is 24.5 Å². The average Bonchev–Trinajstić information content (AvgIpc) is 2.69. The standard InChI is InChI=1S/C13H11BrN2O6/c1-22-10-3-6(7(14)4-9(10)17)2-8-12(20)16(5-11(18)19)13(21)15-8/h2-4,17H,5H2,1H3,(H,15,21)(H,18,19)/b8-2+. The summed E-state index contributed by atoms with van der Waals surface area (Å²) in [7, 11) is 1.37. The van der Waals surface area contributed by atoms with E-state index >= 15 is 0 Å². The summed E-state index contributed by atoms with van der Waals surface area (Å²) in [5, 5.41) is 20.6. The van der Waals surface area contributed by atoms with Gasteiger partial charge in [-0.2, -0.15) is 0 Å². The van der Waals surface area contributed by atoms with Gasteiger partial charge in [0, 0.05) is 4.47 Å². The second-order valence-electron chi connectivity index (χ2n) is 4.32. The molecule has 22 heavy (non-hydrogen) atoms. The Hall–Kier alpha value is -2.55. The number of methoxy groups -OCH3 is 1. The first kappa shape index (κ1) is 15.8. The SMILES string of the molecule is COc1cc(/C=C2/NC(=O)N(CC(=O)O)C2=O)c(Br)cc1O. The minimum absolute atomic E-state index is 0.0697. The third-order valence-electron chi connectivity index (χ3n) is 2.85. The predicted octanol–water partition coefficient (Wildman–Crippen LogP) is 1.14. The van der Waals surface area contributed by atoms with Gasteiger partial charge in [-0.05, 0) is 23.8 Å². The number of carbonyl (C=O) groups excluding carboxylic acids is 2. The zero-order valence-electron chi connectivity index (χ0n) is 11.3. The van der Waals surface area contributed by atoms with Crippen LogP contribution in [0.1, 0.15) is 5.56 Å². The molecule has 0 atom stereocenters. The van der Waals surface area contributed by atoms with Gasteiger partial charge in [0.2, 0.25) is 0 Å². The molecule has 1 aliphatic heterocycles. The number of carboxylic acids is 1. The third kappa shape index (κ3) is 3.03. The highest BCUT2D eigenvalue weighted by atomic mass is 79.9. The van der Waals surface area contributed by atoms with Crippen molar-refractivity contribution < 1.29 is 29.3 Å². The van der Waals surface area contributed by atoms with Crippen LogP contribution in [0.2, 0.25) is 0 Å². The van der Waals surface area contributed by atoms with Crippen molar-refractivity contribution in [2.45, 2.75) is 0 Å². The van der Waals surface area contributed by atoms with E-state index in [4.69, 9.17) is 9.84 Å². The van der Waals surface area contributed by atoms with Gasteiger partial charge >= 0.3 is 12.0 Å². The topological polar surface area (TPSA) is 116 Å². The molecular weight excluding hydrogens is 360 g/mol. The lowest BCUT2D eigenvalue weighted by Crippen LogP contribution is -2.35. The monoisotopic (exact) mass is 370 g/mol. The van der Waals surface area contributed by atoms with Gasteiger partial charge in [-0.3, -0.25) is 9.59 Å². The number of halogens is 1. The maximum absolute atomic E-state index is 12.0. The van der Waals surface area contributed by atoms with E-state index in [2.05, 4.69) is 21.2 Å². The molecule has 0 aromatic heterocycles. The quantitative estimate of drug-likeness (QED) is 0.540. The van der Waals surface area contributed by atoms with Gasteiger partial charge in [0.1, 0.15) is 12.2 Å². The van der Waals surface area contributed by atoms with Gasteiger partial charge in [0.25, 0.3) is 5.91 Å². The number of amides is 3. The number of carboxylic acid groups (broad SMARTS) is 1. The summed E-state index contributed by atoms with van der Waals surface area (Å²) in [5.41, 5.74) is 0.398. The van der Waals surface area contributed by atoms with Crippen LogP contribution in [-0.2, 0) is 9.59 Å². The fourth-order valence-electron chi connectivity index (χ4n) is 1.84. The average molecular weight is 371 g/mol. The van der Waals surface area contributed by atoms with Crippen LogP contribution >= 0.6 is 15.9 Å². The molecule has 0 aliphatic carbocycles. The summed E-state index contributed by atoms with van der Waals surface area (Å²) in [6.45, 7) is -0.720. The number of benzene rings is 1. The summed E-state index contributed by atoms with van der Waals surface area (Å²) in [6.07, 6.45) is 1.36. The highest BCUT2D eigenvalue weighted by molar-refractivity contribution is 9.10. The molecule has 8 nitrogen and oxygen atoms in total. The van der Waals surface area contributed by atoms with E-state index in [0.29, 0.717) is 14.9 Å². The van der Waals surface area contributed by atoms with E-state index in [9.17, 15) is 19.5 Å². The van der Waals surface area contributed by atoms with E-state index in [-0.39, 0.29) is 17.2 Å². The first-order chi connectivity index (χ1) is 10.3. The maximum Gasteiger partial charge on any atom is 0.329 e. The molecule has 1 aromatic rings. The predicted molar refractivity (Wildman–Crippen MR) is 78.2 cm³/mol. The number of phenols is 1. The van der Waals surface area contributed by atoms with Gasteiger partial charge in [-0.15, -0.1) is 0 Å². The number of urea groups is 1. The Morgan fingerprint density at radius 2 is 2.14 bits per heavy atom. The number of imide groups is 1. The number of hydrogen-bond acceptors (Lipinski definition) is 5. The summed E-state index contributed by atoms with van der Waals surface area (Å²) in [5.74, 6) is -1.94. The summed E-state index contributed by atoms with van der Waals surface area (Å²) < 4.78 is 5.44. The van der Waals surface area contributed by atoms with Crippen LogP contribution in [0.5, 0.6) is 11.5 Å². The second-order valence-corrected chi connectivity index (χ2v) is 5.17. The number of ether oxygens (including phenoxy) is 1. The van der Waals surface area contributed by atoms with E-state index in [0.717, 1.165) is 0 Å². The molecule has 1 aliphatic rings. The van der Waals surface area contributed by atoms with E-state index in [1.165, 1.54) is 25.3 Å². The summed E-state index contributed by atoms with van der Waals surface area (Å²) in [6, 6.07) is 2.04. The molecule has 0 radical (unpaired) electrons. The van der Waals surface area contributed by atoms with Crippen LogP contribution in [0.4, 0.5) is 4.79 Å². The van der Waals surface area contributed by atoms with Crippen molar-refractivity contribution in [1.82, 2.24) is 10.2 Å². The molecule has 3 N–H and O–H groups in total. The smallest absolute Gasteiger partial charge is 0.329 e. The molecule has 1 heterocycles. The largest absolute Gasteiger partial charge is 0.504 e. The first-order valence-electron chi connectivity index (χ1n) is 5.96. The number of carbonyl (C=O) groups is 3. The van der Waals surface area contributed by atoms with E-state index in [1.807, 2.05) is 0 Å². The number of hydrogen-bond donors (Lipinski definition) is 3. The fourth-order valence-corrected chi connectivity index (χ4v) is 2.28. The van der Waals surface area contributed by atoms with Gasteiger partial charge in [0.15, 0.2) is 11.5 Å². The Bertz CT molecular complexity index is 700. The molecule has 9 heteroatoms. The van der Waals surface area contributed by atoms with Crippen LogP contribution in [0.15, 0.2) is 22.3 Å². The lowest BCUT2D eigenvalue weighted by molar-refractivity contribution is -0.140. The van der Waals surface area contributed by atoms with Crippen molar-refractivity contribution in [2.75, 3.05) is 13.7 Å². The molecule has 2 rings (SSSR count). The molecule has 0 saturated carbocycles. The van der Waals surface area contributed by atoms with E-state index in [1.54, 1.807) is 0 Å². The zero-order valence-corrected chi connectivity index (χ0v) is 12.9. The number of nitrogens with one attached hydrogen (secondary N) is 1. The normalized spacial score (nSPS) is 16.1. The maximum atomic E-state index is 12.0. The Morgan fingerprint density at radius 1 is 1.45 bits per heavy atom. The number of phenolic OH excluding ortho intramolecular Hbond substituents is 1. The Morgan fingerprint density at radius 3 is 2.73 bits per heavy atom. The van der Waals surface area contributed by atoms with Crippen LogP contribution in [-0.4, -0.2) is 46.7 Å². The lowest BCUT2D eigenvalue weighted by Gasteiger charge is -2.08. The summed E-state index contributed by atoms with van der Waals surface area (Å²) >= 11 is 3.22. The van der Waals surface area contributed by atoms with Crippen molar-refractivity contribution in [3.63, 3.8) is 0 Å². The molecule has 3 amide bonds. The minimum atomic E-state index is -1.29. The molecular formula is C13H11BrN2O6. The van der Waals surface area contributed by atoms with Crippen molar-refractivity contribution >= 4 is 39.9 Å². The highest BCUT2D eigenvalue weighted by Gasteiger charge is 2.35.